The second kappa shape index (κ2) is 4.87. The zero-order valence-electron chi connectivity index (χ0n) is 11.5. The normalized spacial score (nSPS) is 24.0. The van der Waals surface area contributed by atoms with Crippen molar-refractivity contribution in [3.63, 3.8) is 0 Å². The quantitative estimate of drug-likeness (QED) is 0.928. The highest BCUT2D eigenvalue weighted by Crippen LogP contribution is 2.41. The Morgan fingerprint density at radius 2 is 1.68 bits per heavy atom. The fraction of sp³-hybridized carbons (Fsp3) is 0.571. The van der Waals surface area contributed by atoms with Crippen LogP contribution in [0.25, 0.3) is 0 Å². The van der Waals surface area contributed by atoms with Crippen molar-refractivity contribution in [3.05, 3.63) is 30.1 Å². The first kappa shape index (κ1) is 14.5. The van der Waals surface area contributed by atoms with Gasteiger partial charge in [0.2, 0.25) is 10.0 Å². The van der Waals surface area contributed by atoms with Crippen molar-refractivity contribution in [2.24, 2.45) is 11.3 Å². The van der Waals surface area contributed by atoms with Crippen LogP contribution in [-0.4, -0.2) is 14.5 Å². The van der Waals surface area contributed by atoms with Gasteiger partial charge in [-0.25, -0.2) is 17.5 Å². The molecule has 0 unspecified atom stereocenters. The Morgan fingerprint density at radius 3 is 2.16 bits per heavy atom. The van der Waals surface area contributed by atoms with Gasteiger partial charge in [-0.2, -0.15) is 0 Å². The predicted molar refractivity (Wildman–Crippen MR) is 72.7 cm³/mol. The molecule has 0 atom stereocenters. The summed E-state index contributed by atoms with van der Waals surface area (Å²) in [5.41, 5.74) is 0.220. The molecule has 1 fully saturated rings. The zero-order valence-corrected chi connectivity index (χ0v) is 12.3. The van der Waals surface area contributed by atoms with E-state index in [9.17, 15) is 12.8 Å². The van der Waals surface area contributed by atoms with E-state index >= 15 is 0 Å². The maximum Gasteiger partial charge on any atom is 0.240 e. The summed E-state index contributed by atoms with van der Waals surface area (Å²) < 4.78 is 39.6. The van der Waals surface area contributed by atoms with Gasteiger partial charge in [-0.15, -0.1) is 0 Å². The van der Waals surface area contributed by atoms with E-state index in [1.807, 2.05) is 0 Å². The van der Waals surface area contributed by atoms with Crippen LogP contribution in [0.4, 0.5) is 4.39 Å². The van der Waals surface area contributed by atoms with Gasteiger partial charge >= 0.3 is 0 Å². The highest BCUT2D eigenvalue weighted by Gasteiger charge is 2.38. The van der Waals surface area contributed by atoms with Gasteiger partial charge in [0.1, 0.15) is 5.82 Å². The topological polar surface area (TPSA) is 46.2 Å². The standard InChI is InChI=1S/C14H20FNO2S/c1-14(2,3)10-8-12(9-10)16-19(17,18)13-6-4-11(15)5-7-13/h4-7,10,12,16H,8-9H2,1-3H3. The number of nitrogens with one attached hydrogen (secondary N) is 1. The molecule has 1 N–H and O–H groups in total. The molecular formula is C14H20FNO2S. The zero-order chi connectivity index (χ0) is 14.3. The van der Waals surface area contributed by atoms with Crippen molar-refractivity contribution in [3.8, 4) is 0 Å². The summed E-state index contributed by atoms with van der Waals surface area (Å²) in [4.78, 5) is 0.119. The summed E-state index contributed by atoms with van der Waals surface area (Å²) in [6.07, 6.45) is 1.73. The SMILES string of the molecule is CC(C)(C)C1CC(NS(=O)(=O)c2ccc(F)cc2)C1. The highest BCUT2D eigenvalue weighted by atomic mass is 32.2. The molecule has 0 spiro atoms. The third-order valence-corrected chi connectivity index (χ3v) is 5.34. The average molecular weight is 285 g/mol. The fourth-order valence-corrected chi connectivity index (χ4v) is 3.58. The van der Waals surface area contributed by atoms with Crippen LogP contribution < -0.4 is 4.72 Å². The molecule has 1 saturated carbocycles. The number of sulfonamides is 1. The minimum Gasteiger partial charge on any atom is -0.208 e. The maximum atomic E-state index is 12.8. The van der Waals surface area contributed by atoms with E-state index in [0.29, 0.717) is 5.92 Å². The second-order valence-corrected chi connectivity index (χ2v) is 8.02. The molecule has 0 aliphatic heterocycles. The number of rotatable bonds is 3. The molecular weight excluding hydrogens is 265 g/mol. The Morgan fingerprint density at radius 1 is 1.16 bits per heavy atom. The molecule has 19 heavy (non-hydrogen) atoms. The lowest BCUT2D eigenvalue weighted by molar-refractivity contribution is 0.110. The van der Waals surface area contributed by atoms with Crippen LogP contribution in [0.1, 0.15) is 33.6 Å². The fourth-order valence-electron chi connectivity index (χ4n) is 2.32. The summed E-state index contributed by atoms with van der Waals surface area (Å²) in [5.74, 6) is 0.115. The molecule has 1 aromatic rings. The summed E-state index contributed by atoms with van der Waals surface area (Å²) in [5, 5.41) is 0. The van der Waals surface area contributed by atoms with E-state index in [0.717, 1.165) is 25.0 Å². The van der Waals surface area contributed by atoms with Gasteiger partial charge in [-0.3, -0.25) is 0 Å². The van der Waals surface area contributed by atoms with Crippen LogP contribution in [0, 0.1) is 17.2 Å². The van der Waals surface area contributed by atoms with Gasteiger partial charge in [0.15, 0.2) is 0 Å². The molecule has 1 aliphatic rings. The molecule has 0 amide bonds. The summed E-state index contributed by atoms with van der Waals surface area (Å²) in [7, 11) is -3.52. The van der Waals surface area contributed by atoms with E-state index in [-0.39, 0.29) is 16.4 Å². The lowest BCUT2D eigenvalue weighted by Gasteiger charge is -2.43. The lowest BCUT2D eigenvalue weighted by atomic mass is 9.66. The first-order valence-corrected chi connectivity index (χ1v) is 7.95. The van der Waals surface area contributed by atoms with Gasteiger partial charge in [-0.1, -0.05) is 20.8 Å². The molecule has 1 aliphatic carbocycles. The van der Waals surface area contributed by atoms with Crippen LogP contribution in [0.2, 0.25) is 0 Å². The van der Waals surface area contributed by atoms with Crippen molar-refractivity contribution in [1.29, 1.82) is 0 Å². The summed E-state index contributed by atoms with van der Waals surface area (Å²) in [6, 6.07) is 4.90. The van der Waals surface area contributed by atoms with Crippen molar-refractivity contribution in [2.75, 3.05) is 0 Å². The average Bonchev–Trinajstić information content (AvgIpc) is 2.22. The molecule has 2 rings (SSSR count). The van der Waals surface area contributed by atoms with Gasteiger partial charge in [0.25, 0.3) is 0 Å². The third kappa shape index (κ3) is 3.34. The monoisotopic (exact) mass is 285 g/mol. The van der Waals surface area contributed by atoms with Crippen LogP contribution in [0.15, 0.2) is 29.2 Å². The third-order valence-electron chi connectivity index (χ3n) is 3.81. The molecule has 0 saturated heterocycles. The van der Waals surface area contributed by atoms with Crippen molar-refractivity contribution >= 4 is 10.0 Å². The number of hydrogen-bond acceptors (Lipinski definition) is 2. The first-order chi connectivity index (χ1) is 8.68. The van der Waals surface area contributed by atoms with Crippen molar-refractivity contribution in [2.45, 2.75) is 44.6 Å². The minimum absolute atomic E-state index is 0.000668. The Kier molecular flexibility index (Phi) is 3.71. The minimum atomic E-state index is -3.52. The van der Waals surface area contributed by atoms with Crippen LogP contribution >= 0.6 is 0 Å². The van der Waals surface area contributed by atoms with E-state index in [1.165, 1.54) is 12.1 Å². The van der Waals surface area contributed by atoms with Crippen molar-refractivity contribution < 1.29 is 12.8 Å². The number of halogens is 1. The Balaban J connectivity index is 1.99. The second-order valence-electron chi connectivity index (χ2n) is 6.31. The van der Waals surface area contributed by atoms with Crippen molar-refractivity contribution in [1.82, 2.24) is 4.72 Å². The van der Waals surface area contributed by atoms with E-state index in [4.69, 9.17) is 0 Å². The molecule has 5 heteroatoms. The molecule has 0 aromatic heterocycles. The summed E-state index contributed by atoms with van der Waals surface area (Å²) in [6.45, 7) is 6.51. The molecule has 106 valence electrons. The van der Waals surface area contributed by atoms with Gasteiger partial charge in [0, 0.05) is 6.04 Å². The van der Waals surface area contributed by atoms with Gasteiger partial charge < -0.3 is 0 Å². The Labute approximate surface area is 114 Å². The first-order valence-electron chi connectivity index (χ1n) is 6.46. The van der Waals surface area contributed by atoms with Gasteiger partial charge in [-0.05, 0) is 48.4 Å². The Hall–Kier alpha value is -0.940. The van der Waals surface area contributed by atoms with Crippen LogP contribution in [0.5, 0.6) is 0 Å². The van der Waals surface area contributed by atoms with E-state index < -0.39 is 15.8 Å². The molecule has 0 bridgehead atoms. The molecule has 0 radical (unpaired) electrons. The molecule has 1 aromatic carbocycles. The highest BCUT2D eigenvalue weighted by molar-refractivity contribution is 7.89. The Bertz CT molecular complexity index is 540. The predicted octanol–water partition coefficient (Wildman–Crippen LogP) is 2.93. The summed E-state index contributed by atoms with van der Waals surface area (Å²) >= 11 is 0. The smallest absolute Gasteiger partial charge is 0.208 e. The maximum absolute atomic E-state index is 12.8. The molecule has 0 heterocycles. The number of benzene rings is 1. The van der Waals surface area contributed by atoms with Crippen LogP contribution in [0.3, 0.4) is 0 Å². The largest absolute Gasteiger partial charge is 0.240 e. The lowest BCUT2D eigenvalue weighted by Crippen LogP contribution is -2.47. The van der Waals surface area contributed by atoms with Gasteiger partial charge in [0.05, 0.1) is 4.90 Å². The van der Waals surface area contributed by atoms with Crippen LogP contribution in [-0.2, 0) is 10.0 Å². The van der Waals surface area contributed by atoms with E-state index in [2.05, 4.69) is 25.5 Å². The molecule has 3 nitrogen and oxygen atoms in total. The number of hydrogen-bond donors (Lipinski definition) is 1. The van der Waals surface area contributed by atoms with E-state index in [1.54, 1.807) is 0 Å².